The van der Waals surface area contributed by atoms with Gasteiger partial charge in [0.25, 0.3) is 0 Å². The van der Waals surface area contributed by atoms with E-state index < -0.39 is 17.9 Å². The van der Waals surface area contributed by atoms with Crippen LogP contribution in [0.1, 0.15) is 38.5 Å². The fourth-order valence-electron chi connectivity index (χ4n) is 5.09. The molecule has 2 rings (SSSR count). The highest BCUT2D eigenvalue weighted by molar-refractivity contribution is 5.78. The predicted octanol–water partition coefficient (Wildman–Crippen LogP) is -0.766. The number of carbonyl (C=O) groups is 4. The second-order valence-electron chi connectivity index (χ2n) is 10.6. The lowest BCUT2D eigenvalue weighted by atomic mass is 10.2. The van der Waals surface area contributed by atoms with E-state index in [-0.39, 0.29) is 32.1 Å². The molecule has 0 aromatic carbocycles. The van der Waals surface area contributed by atoms with Crippen molar-refractivity contribution in [3.05, 3.63) is 0 Å². The second kappa shape index (κ2) is 18.9. The Morgan fingerprint density at radius 3 is 1.28 bits per heavy atom. The summed E-state index contributed by atoms with van der Waals surface area (Å²) >= 11 is 0. The molecule has 0 unspecified atom stereocenters. The number of likely N-dealkylation sites (tertiary alicyclic amines) is 1. The Hall–Kier alpha value is -2.32. The van der Waals surface area contributed by atoms with Crippen LogP contribution in [0.3, 0.4) is 0 Å². The molecule has 0 atom stereocenters. The minimum atomic E-state index is -0.990. The molecule has 0 radical (unpaired) electrons. The topological polar surface area (TPSA) is 157 Å². The zero-order valence-electron chi connectivity index (χ0n) is 23.3. The van der Waals surface area contributed by atoms with E-state index in [0.29, 0.717) is 58.9 Å². The lowest BCUT2D eigenvalue weighted by molar-refractivity contribution is -0.140. The van der Waals surface area contributed by atoms with Gasteiger partial charge in [-0.3, -0.25) is 38.8 Å². The molecule has 0 aromatic rings. The van der Waals surface area contributed by atoms with Gasteiger partial charge in [-0.25, -0.2) is 0 Å². The Morgan fingerprint density at radius 1 is 0.487 bits per heavy atom. The van der Waals surface area contributed by atoms with Crippen molar-refractivity contribution in [1.29, 1.82) is 0 Å². The summed E-state index contributed by atoms with van der Waals surface area (Å²) in [5.74, 6) is -3.02. The molecule has 0 spiro atoms. The van der Waals surface area contributed by atoms with E-state index >= 15 is 0 Å². The van der Waals surface area contributed by atoms with Gasteiger partial charge in [0.2, 0.25) is 5.91 Å². The normalized spacial score (nSPS) is 19.8. The molecule has 224 valence electrons. The number of carboxylic acids is 3. The Labute approximate surface area is 231 Å². The smallest absolute Gasteiger partial charge is 0.317 e. The average molecular weight is 557 g/mol. The molecule has 4 N–H and O–H groups in total. The largest absolute Gasteiger partial charge is 0.480 e. The van der Waals surface area contributed by atoms with Gasteiger partial charge >= 0.3 is 17.9 Å². The van der Waals surface area contributed by atoms with E-state index in [1.165, 1.54) is 32.4 Å². The number of aliphatic carboxylic acids is 3. The maximum atomic E-state index is 12.7. The van der Waals surface area contributed by atoms with Crippen LogP contribution in [0.2, 0.25) is 0 Å². The number of carbonyl (C=O) groups excluding carboxylic acids is 1. The fraction of sp³-hybridized carbons (Fsp3) is 0.846. The van der Waals surface area contributed by atoms with Crippen LogP contribution in [0, 0.1) is 0 Å². The van der Waals surface area contributed by atoms with Crippen LogP contribution in [0.25, 0.3) is 0 Å². The van der Waals surface area contributed by atoms with Crippen molar-refractivity contribution in [3.8, 4) is 0 Å². The molecule has 0 saturated carbocycles. The number of amides is 1. The third-order valence-electron chi connectivity index (χ3n) is 7.30. The number of carboxylic acid groups (broad SMARTS) is 3. The molecular formula is C26H48N6O7. The summed E-state index contributed by atoms with van der Waals surface area (Å²) in [6.07, 6.45) is 6.96. The third-order valence-corrected chi connectivity index (χ3v) is 7.30. The maximum absolute atomic E-state index is 12.7. The third kappa shape index (κ3) is 15.8. The van der Waals surface area contributed by atoms with Crippen molar-refractivity contribution in [2.24, 2.45) is 0 Å². The van der Waals surface area contributed by atoms with Crippen molar-refractivity contribution >= 4 is 23.8 Å². The predicted molar refractivity (Wildman–Crippen MR) is 146 cm³/mol. The molecule has 13 nitrogen and oxygen atoms in total. The fourth-order valence-corrected chi connectivity index (χ4v) is 5.09. The maximum Gasteiger partial charge on any atom is 0.317 e. The minimum Gasteiger partial charge on any atom is -0.480 e. The molecule has 39 heavy (non-hydrogen) atoms. The quantitative estimate of drug-likeness (QED) is 0.187. The van der Waals surface area contributed by atoms with E-state index in [0.717, 1.165) is 25.8 Å². The van der Waals surface area contributed by atoms with E-state index in [9.17, 15) is 34.5 Å². The van der Waals surface area contributed by atoms with Gasteiger partial charge in [-0.05, 0) is 45.3 Å². The first-order valence-electron chi connectivity index (χ1n) is 14.2. The molecule has 2 heterocycles. The molecule has 0 bridgehead atoms. The Bertz CT molecular complexity index is 733. The molecule has 2 saturated heterocycles. The van der Waals surface area contributed by atoms with Crippen LogP contribution in [0.4, 0.5) is 0 Å². The number of hydrogen-bond acceptors (Lipinski definition) is 9. The summed E-state index contributed by atoms with van der Waals surface area (Å²) in [6.45, 7) is 6.91. The number of rotatable bonds is 15. The van der Waals surface area contributed by atoms with Crippen LogP contribution < -0.4 is 5.32 Å². The average Bonchev–Trinajstić information content (AvgIpc) is 3.37. The van der Waals surface area contributed by atoms with E-state index in [4.69, 9.17) is 0 Å². The van der Waals surface area contributed by atoms with Gasteiger partial charge in [-0.1, -0.05) is 12.8 Å². The molecule has 2 aliphatic rings. The van der Waals surface area contributed by atoms with Crippen molar-refractivity contribution in [1.82, 2.24) is 29.8 Å². The van der Waals surface area contributed by atoms with Gasteiger partial charge in [0.15, 0.2) is 0 Å². The number of hydrogen-bond donors (Lipinski definition) is 4. The zero-order chi connectivity index (χ0) is 28.5. The van der Waals surface area contributed by atoms with Crippen molar-refractivity contribution in [2.75, 3.05) is 105 Å². The van der Waals surface area contributed by atoms with Crippen molar-refractivity contribution in [3.63, 3.8) is 0 Å². The van der Waals surface area contributed by atoms with Gasteiger partial charge in [0.05, 0.1) is 26.2 Å². The van der Waals surface area contributed by atoms with Crippen LogP contribution >= 0.6 is 0 Å². The highest BCUT2D eigenvalue weighted by atomic mass is 16.4. The molecule has 13 heteroatoms. The van der Waals surface area contributed by atoms with Crippen molar-refractivity contribution < 1.29 is 34.5 Å². The SMILES string of the molecule is O=C(O)CN1CCN(CC(=O)O)CCN(CC(=O)NCCCCCCN2CCCC2)CCN(CC(=O)O)CC1. The lowest BCUT2D eigenvalue weighted by Crippen LogP contribution is -2.49. The monoisotopic (exact) mass is 556 g/mol. The Balaban J connectivity index is 1.85. The van der Waals surface area contributed by atoms with Gasteiger partial charge < -0.3 is 25.5 Å². The second-order valence-corrected chi connectivity index (χ2v) is 10.6. The summed E-state index contributed by atoms with van der Waals surface area (Å²) in [5.41, 5.74) is 0. The minimum absolute atomic E-state index is 0.0960. The molecule has 2 aliphatic heterocycles. The molecule has 0 aromatic heterocycles. The molecule has 1 amide bonds. The van der Waals surface area contributed by atoms with Crippen LogP contribution in [0.5, 0.6) is 0 Å². The van der Waals surface area contributed by atoms with Gasteiger partial charge in [0.1, 0.15) is 0 Å². The molecule has 0 aliphatic carbocycles. The summed E-state index contributed by atoms with van der Waals surface area (Å²) in [5, 5.41) is 30.9. The Morgan fingerprint density at radius 2 is 0.872 bits per heavy atom. The first-order valence-corrected chi connectivity index (χ1v) is 14.2. The summed E-state index contributed by atoms with van der Waals surface area (Å²) in [7, 11) is 0. The van der Waals surface area contributed by atoms with E-state index in [1.807, 2.05) is 4.90 Å². The number of nitrogens with one attached hydrogen (secondary N) is 1. The molecular weight excluding hydrogens is 508 g/mol. The Kier molecular flexibility index (Phi) is 15.9. The zero-order valence-corrected chi connectivity index (χ0v) is 23.3. The first kappa shape index (κ1) is 32.9. The van der Waals surface area contributed by atoms with Gasteiger partial charge in [-0.2, -0.15) is 0 Å². The number of unbranched alkanes of at least 4 members (excludes halogenated alkanes) is 3. The summed E-state index contributed by atoms with van der Waals surface area (Å²) in [6, 6.07) is 0. The van der Waals surface area contributed by atoms with E-state index in [2.05, 4.69) is 10.2 Å². The van der Waals surface area contributed by atoms with E-state index in [1.54, 1.807) is 14.7 Å². The summed E-state index contributed by atoms with van der Waals surface area (Å²) < 4.78 is 0. The highest BCUT2D eigenvalue weighted by Crippen LogP contribution is 2.09. The standard InChI is InChI=1S/C26H48N6O7/c33-23(27-7-3-1-2-4-8-28-9-5-6-10-28)19-29-11-13-30(20-24(34)35)15-17-32(22-26(38)39)18-16-31(14-12-29)21-25(36)37/h1-22H2,(H,27,33)(H,34,35)(H,36,37)(H,38,39). The van der Waals surface area contributed by atoms with Crippen LogP contribution in [-0.4, -0.2) is 168 Å². The van der Waals surface area contributed by atoms with Gasteiger partial charge in [0, 0.05) is 58.9 Å². The number of nitrogens with zero attached hydrogens (tertiary/aromatic N) is 5. The first-order chi connectivity index (χ1) is 18.7. The highest BCUT2D eigenvalue weighted by Gasteiger charge is 2.21. The van der Waals surface area contributed by atoms with Gasteiger partial charge in [-0.15, -0.1) is 0 Å². The van der Waals surface area contributed by atoms with Crippen LogP contribution in [0.15, 0.2) is 0 Å². The van der Waals surface area contributed by atoms with Crippen LogP contribution in [-0.2, 0) is 19.2 Å². The molecule has 2 fully saturated rings. The summed E-state index contributed by atoms with van der Waals surface area (Å²) in [4.78, 5) is 56.4. The lowest BCUT2D eigenvalue weighted by Gasteiger charge is -2.32. The van der Waals surface area contributed by atoms with Crippen molar-refractivity contribution in [2.45, 2.75) is 38.5 Å².